The Kier molecular flexibility index (Phi) is 5.11. The third-order valence-corrected chi connectivity index (χ3v) is 5.00. The van der Waals surface area contributed by atoms with E-state index in [2.05, 4.69) is 5.16 Å². The lowest BCUT2D eigenvalue weighted by Gasteiger charge is -2.36. The molecule has 3 rings (SSSR count). The van der Waals surface area contributed by atoms with Crippen molar-refractivity contribution in [2.45, 2.75) is 50.6 Å². The van der Waals surface area contributed by atoms with Crippen LogP contribution in [0, 0.1) is 0 Å². The van der Waals surface area contributed by atoms with Gasteiger partial charge in [-0.05, 0) is 12.8 Å². The lowest BCUT2D eigenvalue weighted by Crippen LogP contribution is -2.49. The van der Waals surface area contributed by atoms with Crippen molar-refractivity contribution >= 4 is 5.91 Å². The van der Waals surface area contributed by atoms with Gasteiger partial charge in [0.1, 0.15) is 5.76 Å². The highest BCUT2D eigenvalue weighted by Crippen LogP contribution is 2.30. The molecule has 1 aromatic heterocycles. The molecule has 3 heterocycles. The van der Waals surface area contributed by atoms with Crippen LogP contribution in [-0.2, 0) is 6.42 Å². The van der Waals surface area contributed by atoms with Gasteiger partial charge >= 0.3 is 0 Å². The fourth-order valence-electron chi connectivity index (χ4n) is 3.55. The molecule has 25 heavy (non-hydrogen) atoms. The number of hydrogen-bond acceptors (Lipinski definition) is 5. The summed E-state index contributed by atoms with van der Waals surface area (Å²) in [4.78, 5) is 15.9. The summed E-state index contributed by atoms with van der Waals surface area (Å²) in [5.41, 5.74) is -0.802. The number of hydrogen-bond donors (Lipinski definition) is 1. The normalized spacial score (nSPS) is 27.0. The number of carbonyl (C=O) groups is 1. The Labute approximate surface area is 145 Å². The van der Waals surface area contributed by atoms with Crippen molar-refractivity contribution in [3.05, 3.63) is 17.5 Å². The molecule has 0 aromatic carbocycles. The molecule has 0 bridgehead atoms. The second kappa shape index (κ2) is 6.99. The van der Waals surface area contributed by atoms with E-state index in [4.69, 9.17) is 4.52 Å². The smallest absolute Gasteiger partial charge is 0.276 e. The van der Waals surface area contributed by atoms with E-state index in [9.17, 15) is 18.7 Å². The average Bonchev–Trinajstić information content (AvgIpc) is 3.17. The molecule has 2 fully saturated rings. The zero-order chi connectivity index (χ0) is 18.1. The van der Waals surface area contributed by atoms with Gasteiger partial charge < -0.3 is 14.5 Å². The van der Waals surface area contributed by atoms with Crippen molar-refractivity contribution in [2.75, 3.05) is 32.7 Å². The second-order valence-corrected chi connectivity index (χ2v) is 7.26. The predicted octanol–water partition coefficient (Wildman–Crippen LogP) is 1.94. The second-order valence-electron chi connectivity index (χ2n) is 7.26. The van der Waals surface area contributed by atoms with E-state index in [1.807, 2.05) is 11.8 Å². The summed E-state index contributed by atoms with van der Waals surface area (Å²) in [6.45, 7) is 3.48. The SMILES string of the molecule is CCCc1cc(C(=O)N2CC[C@@](O)(CN3CCC(F)(F)CC3)C2)no1. The molecule has 2 aliphatic heterocycles. The van der Waals surface area contributed by atoms with Crippen LogP contribution in [0.1, 0.15) is 48.9 Å². The molecule has 0 radical (unpaired) electrons. The number of rotatable bonds is 5. The summed E-state index contributed by atoms with van der Waals surface area (Å²) < 4.78 is 31.6. The van der Waals surface area contributed by atoms with Crippen molar-refractivity contribution in [3.8, 4) is 0 Å². The number of amides is 1. The molecular weight excluding hydrogens is 332 g/mol. The van der Waals surface area contributed by atoms with Crippen LogP contribution in [0.15, 0.2) is 10.6 Å². The maximum atomic E-state index is 13.2. The van der Waals surface area contributed by atoms with Gasteiger partial charge in [-0.3, -0.25) is 9.69 Å². The van der Waals surface area contributed by atoms with Crippen LogP contribution in [-0.4, -0.2) is 70.2 Å². The first-order valence-corrected chi connectivity index (χ1v) is 8.88. The van der Waals surface area contributed by atoms with Crippen LogP contribution < -0.4 is 0 Å². The molecule has 1 aromatic rings. The minimum absolute atomic E-state index is 0.176. The molecule has 0 saturated carbocycles. The van der Waals surface area contributed by atoms with Gasteiger partial charge in [0.15, 0.2) is 5.69 Å². The first-order valence-electron chi connectivity index (χ1n) is 8.88. The summed E-state index contributed by atoms with van der Waals surface area (Å²) in [5, 5.41) is 14.6. The topological polar surface area (TPSA) is 69.8 Å². The first kappa shape index (κ1) is 18.3. The Hall–Kier alpha value is -1.54. The van der Waals surface area contributed by atoms with Crippen molar-refractivity contribution < 1.29 is 23.2 Å². The third-order valence-electron chi connectivity index (χ3n) is 5.00. The summed E-state index contributed by atoms with van der Waals surface area (Å²) in [6, 6.07) is 1.65. The van der Waals surface area contributed by atoms with Crippen LogP contribution in [0.25, 0.3) is 0 Å². The number of aryl methyl sites for hydroxylation is 1. The Balaban J connectivity index is 1.55. The van der Waals surface area contributed by atoms with Crippen LogP contribution in [0.2, 0.25) is 0 Å². The predicted molar refractivity (Wildman–Crippen MR) is 86.6 cm³/mol. The van der Waals surface area contributed by atoms with Gasteiger partial charge in [0.2, 0.25) is 0 Å². The number of piperidine rings is 1. The lowest BCUT2D eigenvalue weighted by atomic mass is 10.00. The van der Waals surface area contributed by atoms with E-state index in [-0.39, 0.29) is 44.1 Å². The quantitative estimate of drug-likeness (QED) is 0.872. The molecule has 2 saturated heterocycles. The fraction of sp³-hybridized carbons (Fsp3) is 0.765. The third kappa shape index (κ3) is 4.36. The summed E-state index contributed by atoms with van der Waals surface area (Å²) in [7, 11) is 0. The average molecular weight is 357 g/mol. The van der Waals surface area contributed by atoms with E-state index in [0.717, 1.165) is 12.8 Å². The Bertz CT molecular complexity index is 612. The van der Waals surface area contributed by atoms with Crippen molar-refractivity contribution in [2.24, 2.45) is 0 Å². The van der Waals surface area contributed by atoms with Gasteiger partial charge in [0.05, 0.1) is 12.1 Å². The van der Waals surface area contributed by atoms with Gasteiger partial charge in [0, 0.05) is 51.5 Å². The van der Waals surface area contributed by atoms with Crippen molar-refractivity contribution in [3.63, 3.8) is 0 Å². The van der Waals surface area contributed by atoms with E-state index in [1.54, 1.807) is 11.0 Å². The zero-order valence-corrected chi connectivity index (χ0v) is 14.5. The number of alkyl halides is 2. The molecule has 0 spiro atoms. The molecule has 6 nitrogen and oxygen atoms in total. The molecule has 140 valence electrons. The van der Waals surface area contributed by atoms with Crippen LogP contribution in [0.4, 0.5) is 8.78 Å². The maximum Gasteiger partial charge on any atom is 0.276 e. The number of halogens is 2. The lowest BCUT2D eigenvalue weighted by molar-refractivity contribution is -0.0720. The summed E-state index contributed by atoms with van der Waals surface area (Å²) in [5.74, 6) is -2.18. The number of likely N-dealkylation sites (tertiary alicyclic amines) is 2. The fourth-order valence-corrected chi connectivity index (χ4v) is 3.55. The highest BCUT2D eigenvalue weighted by Gasteiger charge is 2.42. The van der Waals surface area contributed by atoms with E-state index in [1.165, 1.54) is 0 Å². The monoisotopic (exact) mass is 357 g/mol. The minimum atomic E-state index is -2.60. The zero-order valence-electron chi connectivity index (χ0n) is 14.5. The van der Waals surface area contributed by atoms with E-state index >= 15 is 0 Å². The highest BCUT2D eigenvalue weighted by molar-refractivity contribution is 5.92. The standard InChI is InChI=1S/C17H25F2N3O3/c1-2-3-13-10-14(20-25-13)15(23)22-9-4-16(24,12-22)11-21-7-5-17(18,19)6-8-21/h10,24H,2-9,11-12H2,1H3/t16-/m1/s1. The van der Waals surface area contributed by atoms with Gasteiger partial charge in [0.25, 0.3) is 11.8 Å². The molecule has 0 aliphatic carbocycles. The summed E-state index contributed by atoms with van der Waals surface area (Å²) in [6.07, 6.45) is 1.71. The Morgan fingerprint density at radius 2 is 2.04 bits per heavy atom. The van der Waals surface area contributed by atoms with Gasteiger partial charge in [-0.1, -0.05) is 12.1 Å². The van der Waals surface area contributed by atoms with E-state index in [0.29, 0.717) is 25.3 Å². The molecule has 0 unspecified atom stereocenters. The summed E-state index contributed by atoms with van der Waals surface area (Å²) >= 11 is 0. The van der Waals surface area contributed by atoms with Gasteiger partial charge in [-0.25, -0.2) is 8.78 Å². The van der Waals surface area contributed by atoms with Gasteiger partial charge in [-0.2, -0.15) is 0 Å². The molecular formula is C17H25F2N3O3. The molecule has 2 aliphatic rings. The number of aromatic nitrogens is 1. The molecule has 8 heteroatoms. The number of β-amino-alcohol motifs (C(OH)–C–C–N with tert-alkyl or cyclic N) is 1. The highest BCUT2D eigenvalue weighted by atomic mass is 19.3. The maximum absolute atomic E-state index is 13.2. The Morgan fingerprint density at radius 1 is 1.32 bits per heavy atom. The molecule has 1 atom stereocenters. The number of carbonyl (C=O) groups excluding carboxylic acids is 1. The number of aliphatic hydroxyl groups is 1. The van der Waals surface area contributed by atoms with E-state index < -0.39 is 11.5 Å². The molecule has 1 N–H and O–H groups in total. The number of nitrogens with zero attached hydrogens (tertiary/aromatic N) is 3. The van der Waals surface area contributed by atoms with Crippen LogP contribution >= 0.6 is 0 Å². The van der Waals surface area contributed by atoms with Crippen molar-refractivity contribution in [1.82, 2.24) is 15.0 Å². The Morgan fingerprint density at radius 3 is 2.72 bits per heavy atom. The first-order chi connectivity index (χ1) is 11.8. The van der Waals surface area contributed by atoms with Gasteiger partial charge in [-0.15, -0.1) is 0 Å². The van der Waals surface area contributed by atoms with Crippen LogP contribution in [0.5, 0.6) is 0 Å². The minimum Gasteiger partial charge on any atom is -0.387 e. The van der Waals surface area contributed by atoms with Crippen LogP contribution in [0.3, 0.4) is 0 Å². The van der Waals surface area contributed by atoms with Crippen molar-refractivity contribution in [1.29, 1.82) is 0 Å². The molecule has 1 amide bonds. The largest absolute Gasteiger partial charge is 0.387 e.